The van der Waals surface area contributed by atoms with Gasteiger partial charge in [-0.3, -0.25) is 0 Å². The van der Waals surface area contributed by atoms with E-state index in [0.29, 0.717) is 13.2 Å². The molecule has 0 spiro atoms. The topological polar surface area (TPSA) is 42.6 Å². The Bertz CT molecular complexity index is 253. The number of furan rings is 1. The summed E-state index contributed by atoms with van der Waals surface area (Å²) >= 11 is 0. The average molecular weight is 166 g/mol. The Morgan fingerprint density at radius 3 is 3.08 bits per heavy atom. The van der Waals surface area contributed by atoms with Crippen LogP contribution < -0.4 is 0 Å². The molecule has 0 amide bonds. The van der Waals surface area contributed by atoms with Crippen molar-refractivity contribution in [2.24, 2.45) is 0 Å². The van der Waals surface area contributed by atoms with Gasteiger partial charge in [0.1, 0.15) is 25.6 Å². The van der Waals surface area contributed by atoms with Crippen LogP contribution in [0, 0.1) is 11.8 Å². The highest BCUT2D eigenvalue weighted by atomic mass is 16.5. The minimum atomic E-state index is -0.121. The molecule has 0 radical (unpaired) electrons. The molecule has 0 aliphatic heterocycles. The lowest BCUT2D eigenvalue weighted by Crippen LogP contribution is -1.91. The highest BCUT2D eigenvalue weighted by molar-refractivity contribution is 4.99. The number of ether oxygens (including phenoxy) is 1. The fourth-order valence-corrected chi connectivity index (χ4v) is 0.704. The SMILES string of the molecule is OCC#CCOCc1ccco1. The number of aliphatic hydroxyl groups is 1. The molecule has 0 aliphatic carbocycles. The predicted molar refractivity (Wildman–Crippen MR) is 43.2 cm³/mol. The zero-order chi connectivity index (χ0) is 8.65. The first-order valence-electron chi connectivity index (χ1n) is 3.60. The largest absolute Gasteiger partial charge is 0.467 e. The zero-order valence-corrected chi connectivity index (χ0v) is 6.62. The van der Waals surface area contributed by atoms with Crippen molar-refractivity contribution in [3.8, 4) is 11.8 Å². The van der Waals surface area contributed by atoms with E-state index in [2.05, 4.69) is 11.8 Å². The molecule has 3 heteroatoms. The molecule has 1 aromatic heterocycles. The maximum atomic E-state index is 8.30. The Labute approximate surface area is 71.0 Å². The van der Waals surface area contributed by atoms with E-state index in [1.807, 2.05) is 6.07 Å². The van der Waals surface area contributed by atoms with Gasteiger partial charge >= 0.3 is 0 Å². The standard InChI is InChI=1S/C9H10O3/c10-5-1-2-6-11-8-9-4-3-7-12-9/h3-4,7,10H,5-6,8H2. The first-order chi connectivity index (χ1) is 5.93. The summed E-state index contributed by atoms with van der Waals surface area (Å²) in [5, 5.41) is 8.30. The fourth-order valence-electron chi connectivity index (χ4n) is 0.704. The number of hydrogen-bond donors (Lipinski definition) is 1. The van der Waals surface area contributed by atoms with E-state index in [9.17, 15) is 0 Å². The Hall–Kier alpha value is -1.24. The summed E-state index contributed by atoms with van der Waals surface area (Å²) in [5.74, 6) is 5.89. The van der Waals surface area contributed by atoms with E-state index in [1.54, 1.807) is 12.3 Å². The second kappa shape index (κ2) is 5.42. The molecule has 3 nitrogen and oxygen atoms in total. The van der Waals surface area contributed by atoms with Crippen molar-refractivity contribution in [3.63, 3.8) is 0 Å². The van der Waals surface area contributed by atoms with Gasteiger partial charge in [-0.05, 0) is 12.1 Å². The highest BCUT2D eigenvalue weighted by Crippen LogP contribution is 2.00. The molecule has 0 aromatic carbocycles. The molecule has 1 heterocycles. The predicted octanol–water partition coefficient (Wildman–Crippen LogP) is 0.792. The van der Waals surface area contributed by atoms with E-state index < -0.39 is 0 Å². The maximum Gasteiger partial charge on any atom is 0.129 e. The van der Waals surface area contributed by atoms with Crippen LogP contribution in [0.15, 0.2) is 22.8 Å². The quantitative estimate of drug-likeness (QED) is 0.533. The van der Waals surface area contributed by atoms with Gasteiger partial charge in [0, 0.05) is 0 Å². The van der Waals surface area contributed by atoms with Crippen LogP contribution in [0.5, 0.6) is 0 Å². The van der Waals surface area contributed by atoms with Crippen molar-refractivity contribution in [2.45, 2.75) is 6.61 Å². The molecule has 0 fully saturated rings. The van der Waals surface area contributed by atoms with Crippen LogP contribution in [0.1, 0.15) is 5.76 Å². The summed E-state index contributed by atoms with van der Waals surface area (Å²) in [7, 11) is 0. The van der Waals surface area contributed by atoms with E-state index in [-0.39, 0.29) is 6.61 Å². The van der Waals surface area contributed by atoms with Crippen LogP contribution in [0.2, 0.25) is 0 Å². The molecule has 0 saturated carbocycles. The zero-order valence-electron chi connectivity index (χ0n) is 6.62. The molecule has 0 saturated heterocycles. The summed E-state index contributed by atoms with van der Waals surface area (Å²) in [4.78, 5) is 0. The van der Waals surface area contributed by atoms with E-state index in [0.717, 1.165) is 5.76 Å². The normalized spacial score (nSPS) is 9.08. The number of aliphatic hydroxyl groups excluding tert-OH is 1. The molecule has 1 rings (SSSR count). The van der Waals surface area contributed by atoms with Crippen molar-refractivity contribution in [1.29, 1.82) is 0 Å². The molecular formula is C9H10O3. The van der Waals surface area contributed by atoms with Gasteiger partial charge in [-0.15, -0.1) is 0 Å². The van der Waals surface area contributed by atoms with Gasteiger partial charge in [0.05, 0.1) is 6.26 Å². The smallest absolute Gasteiger partial charge is 0.129 e. The molecule has 0 unspecified atom stereocenters. The monoisotopic (exact) mass is 166 g/mol. The van der Waals surface area contributed by atoms with Crippen LogP contribution in [0.4, 0.5) is 0 Å². The van der Waals surface area contributed by atoms with E-state index in [4.69, 9.17) is 14.3 Å². The minimum Gasteiger partial charge on any atom is -0.467 e. The van der Waals surface area contributed by atoms with Gasteiger partial charge in [0.2, 0.25) is 0 Å². The maximum absolute atomic E-state index is 8.30. The van der Waals surface area contributed by atoms with Gasteiger partial charge < -0.3 is 14.3 Å². The third kappa shape index (κ3) is 3.24. The Morgan fingerprint density at radius 1 is 1.50 bits per heavy atom. The van der Waals surface area contributed by atoms with Crippen LogP contribution >= 0.6 is 0 Å². The van der Waals surface area contributed by atoms with Crippen molar-refractivity contribution in [2.75, 3.05) is 13.2 Å². The Morgan fingerprint density at radius 2 is 2.42 bits per heavy atom. The molecule has 1 aromatic rings. The van der Waals surface area contributed by atoms with Crippen LogP contribution in [-0.2, 0) is 11.3 Å². The summed E-state index contributed by atoms with van der Waals surface area (Å²) < 4.78 is 10.1. The van der Waals surface area contributed by atoms with Crippen LogP contribution in [0.3, 0.4) is 0 Å². The number of rotatable bonds is 3. The molecule has 0 atom stereocenters. The number of hydrogen-bond acceptors (Lipinski definition) is 3. The van der Waals surface area contributed by atoms with E-state index >= 15 is 0 Å². The molecule has 1 N–H and O–H groups in total. The molecule has 64 valence electrons. The molecular weight excluding hydrogens is 156 g/mol. The Balaban J connectivity index is 2.11. The van der Waals surface area contributed by atoms with Gasteiger partial charge in [0.25, 0.3) is 0 Å². The minimum absolute atomic E-state index is 0.121. The van der Waals surface area contributed by atoms with Crippen LogP contribution in [-0.4, -0.2) is 18.3 Å². The molecule has 12 heavy (non-hydrogen) atoms. The lowest BCUT2D eigenvalue weighted by atomic mass is 10.5. The lowest BCUT2D eigenvalue weighted by molar-refractivity contribution is 0.135. The average Bonchev–Trinajstić information content (AvgIpc) is 2.57. The summed E-state index contributed by atoms with van der Waals surface area (Å²) in [6, 6.07) is 3.64. The Kier molecular flexibility index (Phi) is 4.00. The fraction of sp³-hybridized carbons (Fsp3) is 0.333. The third-order valence-electron chi connectivity index (χ3n) is 1.20. The van der Waals surface area contributed by atoms with Crippen molar-refractivity contribution >= 4 is 0 Å². The summed E-state index contributed by atoms with van der Waals surface area (Å²) in [6.07, 6.45) is 1.60. The van der Waals surface area contributed by atoms with Crippen LogP contribution in [0.25, 0.3) is 0 Å². The third-order valence-corrected chi connectivity index (χ3v) is 1.20. The van der Waals surface area contributed by atoms with Gasteiger partial charge in [-0.25, -0.2) is 0 Å². The first kappa shape index (κ1) is 8.85. The second-order valence-corrected chi connectivity index (χ2v) is 2.08. The van der Waals surface area contributed by atoms with Gasteiger partial charge in [0.15, 0.2) is 0 Å². The van der Waals surface area contributed by atoms with Crippen molar-refractivity contribution in [1.82, 2.24) is 0 Å². The van der Waals surface area contributed by atoms with E-state index in [1.165, 1.54) is 0 Å². The van der Waals surface area contributed by atoms with Gasteiger partial charge in [-0.2, -0.15) is 0 Å². The highest BCUT2D eigenvalue weighted by Gasteiger charge is 1.92. The summed E-state index contributed by atoms with van der Waals surface area (Å²) in [5.41, 5.74) is 0. The second-order valence-electron chi connectivity index (χ2n) is 2.08. The molecule has 0 bridgehead atoms. The van der Waals surface area contributed by atoms with Gasteiger partial charge in [-0.1, -0.05) is 11.8 Å². The lowest BCUT2D eigenvalue weighted by Gasteiger charge is -1.94. The molecule has 0 aliphatic rings. The first-order valence-corrected chi connectivity index (χ1v) is 3.60. The van der Waals surface area contributed by atoms with Crippen molar-refractivity contribution < 1.29 is 14.3 Å². The summed E-state index contributed by atoms with van der Waals surface area (Å²) in [6.45, 7) is 0.623. The van der Waals surface area contributed by atoms with Crippen molar-refractivity contribution in [3.05, 3.63) is 24.2 Å².